The minimum atomic E-state index is -0.491. The second-order valence-electron chi connectivity index (χ2n) is 6.32. The third-order valence-corrected chi connectivity index (χ3v) is 5.09. The molecule has 0 aliphatic carbocycles. The quantitative estimate of drug-likeness (QED) is 0.702. The lowest BCUT2D eigenvalue weighted by Crippen LogP contribution is -2.45. The number of hydrogen-bond acceptors (Lipinski definition) is 5. The van der Waals surface area contributed by atoms with E-state index in [0.29, 0.717) is 6.42 Å². The third-order valence-electron chi connectivity index (χ3n) is 4.18. The molecule has 28 heavy (non-hydrogen) atoms. The Morgan fingerprint density at radius 2 is 1.71 bits per heavy atom. The van der Waals surface area contributed by atoms with Crippen molar-refractivity contribution in [3.8, 4) is 0 Å². The summed E-state index contributed by atoms with van der Waals surface area (Å²) in [5.74, 6) is -0.976. The summed E-state index contributed by atoms with van der Waals surface area (Å²) < 4.78 is 0. The molecule has 1 heterocycles. The highest BCUT2D eigenvalue weighted by atomic mass is 32.2. The van der Waals surface area contributed by atoms with Crippen molar-refractivity contribution in [3.05, 3.63) is 76.7 Å². The largest absolute Gasteiger partial charge is 0.394 e. The first-order chi connectivity index (χ1) is 13.6. The van der Waals surface area contributed by atoms with Crippen LogP contribution >= 0.6 is 11.8 Å². The average molecular weight is 396 g/mol. The standard InChI is InChI=1S/C21H20N2O4S/c24-14-17(11-15-7-3-1-4-8-15)22-19(25)13-23-20(26)18(28-21(23)27)12-16-9-5-2-6-10-16/h1-10,12,17,24H,11,13-14H2,(H,22,25)/b18-12+/t17-/m0/s1. The van der Waals surface area contributed by atoms with Crippen LogP contribution in [-0.2, 0) is 16.0 Å². The lowest BCUT2D eigenvalue weighted by Gasteiger charge is -2.18. The molecule has 0 aromatic heterocycles. The van der Waals surface area contributed by atoms with Gasteiger partial charge in [0.25, 0.3) is 11.1 Å². The summed E-state index contributed by atoms with van der Waals surface area (Å²) in [5.41, 5.74) is 1.78. The fourth-order valence-electron chi connectivity index (χ4n) is 2.81. The first kappa shape index (κ1) is 19.9. The molecule has 3 amide bonds. The van der Waals surface area contributed by atoms with E-state index in [4.69, 9.17) is 0 Å². The van der Waals surface area contributed by atoms with Gasteiger partial charge in [-0.3, -0.25) is 19.3 Å². The molecular weight excluding hydrogens is 376 g/mol. The number of benzene rings is 2. The zero-order valence-corrected chi connectivity index (χ0v) is 15.9. The lowest BCUT2D eigenvalue weighted by atomic mass is 10.1. The summed E-state index contributed by atoms with van der Waals surface area (Å²) >= 11 is 0.815. The van der Waals surface area contributed by atoms with E-state index in [1.54, 1.807) is 6.08 Å². The van der Waals surface area contributed by atoms with Crippen LogP contribution in [0, 0.1) is 0 Å². The summed E-state index contributed by atoms with van der Waals surface area (Å²) in [5, 5.41) is 11.7. The molecule has 7 heteroatoms. The van der Waals surface area contributed by atoms with Crippen LogP contribution in [-0.4, -0.2) is 46.3 Å². The molecule has 2 aromatic rings. The van der Waals surface area contributed by atoms with Gasteiger partial charge in [0.1, 0.15) is 6.54 Å². The minimum Gasteiger partial charge on any atom is -0.394 e. The second kappa shape index (κ2) is 9.34. The molecular formula is C21H20N2O4S. The van der Waals surface area contributed by atoms with Gasteiger partial charge in [-0.1, -0.05) is 60.7 Å². The summed E-state index contributed by atoms with van der Waals surface area (Å²) in [7, 11) is 0. The Balaban J connectivity index is 1.61. The number of carbonyl (C=O) groups excluding carboxylic acids is 3. The molecule has 0 saturated carbocycles. The molecule has 0 unspecified atom stereocenters. The van der Waals surface area contributed by atoms with Crippen molar-refractivity contribution in [3.63, 3.8) is 0 Å². The number of hydrogen-bond donors (Lipinski definition) is 2. The monoisotopic (exact) mass is 396 g/mol. The molecule has 1 aliphatic heterocycles. The SMILES string of the molecule is O=C(CN1C(=O)S/C(=C/c2ccccc2)C1=O)N[C@H](CO)Cc1ccccc1. The predicted molar refractivity (Wildman–Crippen MR) is 108 cm³/mol. The highest BCUT2D eigenvalue weighted by Gasteiger charge is 2.36. The van der Waals surface area contributed by atoms with E-state index in [-0.39, 0.29) is 18.1 Å². The maximum Gasteiger partial charge on any atom is 0.294 e. The molecule has 144 valence electrons. The normalized spacial score (nSPS) is 16.5. The van der Waals surface area contributed by atoms with Crippen LogP contribution in [0.4, 0.5) is 4.79 Å². The number of nitrogens with one attached hydrogen (secondary N) is 1. The van der Waals surface area contributed by atoms with Gasteiger partial charge < -0.3 is 10.4 Å². The maximum atomic E-state index is 12.5. The van der Waals surface area contributed by atoms with Crippen LogP contribution in [0.15, 0.2) is 65.6 Å². The zero-order valence-electron chi connectivity index (χ0n) is 15.1. The first-order valence-electron chi connectivity index (χ1n) is 8.81. The van der Waals surface area contributed by atoms with Gasteiger partial charge in [0.15, 0.2) is 0 Å². The molecule has 0 bridgehead atoms. The summed E-state index contributed by atoms with van der Waals surface area (Å²) in [4.78, 5) is 38.2. The number of thioether (sulfide) groups is 1. The van der Waals surface area contributed by atoms with Crippen molar-refractivity contribution in [2.24, 2.45) is 0 Å². The molecule has 6 nitrogen and oxygen atoms in total. The van der Waals surface area contributed by atoms with Crippen molar-refractivity contribution in [2.45, 2.75) is 12.5 Å². The molecule has 1 saturated heterocycles. The number of nitrogens with zero attached hydrogens (tertiary/aromatic N) is 1. The topological polar surface area (TPSA) is 86.7 Å². The van der Waals surface area contributed by atoms with Crippen LogP contribution in [0.2, 0.25) is 0 Å². The predicted octanol–water partition coefficient (Wildman–Crippen LogP) is 2.44. The molecule has 0 radical (unpaired) electrons. The van der Waals surface area contributed by atoms with Gasteiger partial charge in [-0.05, 0) is 35.4 Å². The van der Waals surface area contributed by atoms with Crippen LogP contribution < -0.4 is 5.32 Å². The molecule has 3 rings (SSSR count). The van der Waals surface area contributed by atoms with Gasteiger partial charge in [0.2, 0.25) is 5.91 Å². The van der Waals surface area contributed by atoms with Gasteiger partial charge in [-0.15, -0.1) is 0 Å². The average Bonchev–Trinajstić information content (AvgIpc) is 2.96. The van der Waals surface area contributed by atoms with Gasteiger partial charge in [0, 0.05) is 0 Å². The van der Waals surface area contributed by atoms with Crippen molar-refractivity contribution >= 4 is 34.9 Å². The van der Waals surface area contributed by atoms with Crippen molar-refractivity contribution in [1.82, 2.24) is 10.2 Å². The number of amides is 3. The van der Waals surface area contributed by atoms with Crippen LogP contribution in [0.25, 0.3) is 6.08 Å². The molecule has 1 aliphatic rings. The van der Waals surface area contributed by atoms with Gasteiger partial charge >= 0.3 is 0 Å². The van der Waals surface area contributed by atoms with Crippen molar-refractivity contribution < 1.29 is 19.5 Å². The Labute approximate surface area is 167 Å². The Morgan fingerprint density at radius 1 is 1.07 bits per heavy atom. The zero-order chi connectivity index (χ0) is 19.9. The third kappa shape index (κ3) is 5.09. The molecule has 1 atom stereocenters. The number of imide groups is 1. The highest BCUT2D eigenvalue weighted by Crippen LogP contribution is 2.31. The molecule has 0 spiro atoms. The Hall–Kier alpha value is -2.90. The van der Waals surface area contributed by atoms with E-state index < -0.39 is 23.1 Å². The van der Waals surface area contributed by atoms with E-state index in [2.05, 4.69) is 5.32 Å². The Bertz CT molecular complexity index is 884. The van der Waals surface area contributed by atoms with Crippen LogP contribution in [0.5, 0.6) is 0 Å². The second-order valence-corrected chi connectivity index (χ2v) is 7.31. The molecule has 1 fully saturated rings. The van der Waals surface area contributed by atoms with Crippen molar-refractivity contribution in [1.29, 1.82) is 0 Å². The van der Waals surface area contributed by atoms with Gasteiger partial charge in [0.05, 0.1) is 17.6 Å². The number of carbonyl (C=O) groups is 3. The van der Waals surface area contributed by atoms with Gasteiger partial charge in [-0.25, -0.2) is 0 Å². The van der Waals surface area contributed by atoms with E-state index in [9.17, 15) is 19.5 Å². The van der Waals surface area contributed by atoms with Crippen molar-refractivity contribution in [2.75, 3.05) is 13.2 Å². The maximum absolute atomic E-state index is 12.5. The fourth-order valence-corrected chi connectivity index (χ4v) is 3.65. The smallest absolute Gasteiger partial charge is 0.294 e. The van der Waals surface area contributed by atoms with Crippen LogP contribution in [0.1, 0.15) is 11.1 Å². The first-order valence-corrected chi connectivity index (χ1v) is 9.63. The summed E-state index contributed by atoms with van der Waals surface area (Å²) in [6.07, 6.45) is 2.09. The van der Waals surface area contributed by atoms with Gasteiger partial charge in [-0.2, -0.15) is 0 Å². The summed E-state index contributed by atoms with van der Waals surface area (Å²) in [6, 6.07) is 18.2. The number of aliphatic hydroxyl groups is 1. The minimum absolute atomic E-state index is 0.240. The van der Waals surface area contributed by atoms with E-state index in [1.165, 1.54) is 0 Å². The number of aliphatic hydroxyl groups excluding tert-OH is 1. The Morgan fingerprint density at radius 3 is 2.36 bits per heavy atom. The van der Waals surface area contributed by atoms with E-state index in [0.717, 1.165) is 27.8 Å². The van der Waals surface area contributed by atoms with Crippen LogP contribution in [0.3, 0.4) is 0 Å². The summed E-state index contributed by atoms with van der Waals surface area (Å²) in [6.45, 7) is -0.613. The Kier molecular flexibility index (Phi) is 6.62. The number of rotatable bonds is 7. The molecule has 2 aromatic carbocycles. The van der Waals surface area contributed by atoms with E-state index >= 15 is 0 Å². The fraction of sp³-hybridized carbons (Fsp3) is 0.190. The highest BCUT2D eigenvalue weighted by molar-refractivity contribution is 8.18. The molecule has 2 N–H and O–H groups in total. The lowest BCUT2D eigenvalue weighted by molar-refractivity contribution is -0.129. The van der Waals surface area contributed by atoms with E-state index in [1.807, 2.05) is 60.7 Å².